The standard InChI is InChI=1S/C20H23F3N8O/c1-26-18(31-7-6-27-10-20(22,23)11-31)14(8-24)30-19(32)16-17(25)28-9-15(29-16)12-4-2-3-5-13(12)21/h2-5,8-9,27H,6-7,10-11,24H2,1H3,(H2,25,28)(H,30,32). The van der Waals surface area contributed by atoms with Crippen molar-refractivity contribution in [3.05, 3.63) is 53.9 Å². The van der Waals surface area contributed by atoms with E-state index in [-0.39, 0.29) is 40.8 Å². The maximum absolute atomic E-state index is 14.1. The van der Waals surface area contributed by atoms with Crippen LogP contribution < -0.4 is 22.1 Å². The summed E-state index contributed by atoms with van der Waals surface area (Å²) >= 11 is 0. The number of halogens is 3. The molecule has 2 heterocycles. The predicted octanol–water partition coefficient (Wildman–Crippen LogP) is 0.964. The Balaban J connectivity index is 1.86. The molecule has 1 aromatic heterocycles. The highest BCUT2D eigenvalue weighted by molar-refractivity contribution is 6.06. The van der Waals surface area contributed by atoms with Gasteiger partial charge in [-0.25, -0.2) is 23.1 Å². The molecule has 0 radical (unpaired) electrons. The average molecular weight is 448 g/mol. The zero-order chi connectivity index (χ0) is 23.3. The van der Waals surface area contributed by atoms with Gasteiger partial charge in [-0.2, -0.15) is 0 Å². The minimum absolute atomic E-state index is 0.00676. The third-order valence-corrected chi connectivity index (χ3v) is 4.70. The summed E-state index contributed by atoms with van der Waals surface area (Å²) in [6.07, 6.45) is 2.29. The largest absolute Gasteiger partial charge is 0.403 e. The second-order valence-corrected chi connectivity index (χ2v) is 7.00. The van der Waals surface area contributed by atoms with Gasteiger partial charge in [-0.1, -0.05) is 12.1 Å². The number of aromatic nitrogens is 2. The van der Waals surface area contributed by atoms with Gasteiger partial charge in [0, 0.05) is 31.9 Å². The Morgan fingerprint density at radius 3 is 2.81 bits per heavy atom. The Hall–Kier alpha value is -3.67. The van der Waals surface area contributed by atoms with Crippen molar-refractivity contribution in [3.63, 3.8) is 0 Å². The highest BCUT2D eigenvalue weighted by atomic mass is 19.3. The van der Waals surface area contributed by atoms with Crippen molar-refractivity contribution in [1.29, 1.82) is 0 Å². The van der Waals surface area contributed by atoms with E-state index in [0.29, 0.717) is 6.54 Å². The number of rotatable bonds is 4. The van der Waals surface area contributed by atoms with Gasteiger partial charge in [-0.05, 0) is 12.1 Å². The first kappa shape index (κ1) is 23.0. The van der Waals surface area contributed by atoms with E-state index in [4.69, 9.17) is 11.5 Å². The number of amidine groups is 1. The Morgan fingerprint density at radius 2 is 2.12 bits per heavy atom. The van der Waals surface area contributed by atoms with Crippen molar-refractivity contribution in [2.75, 3.05) is 39.0 Å². The summed E-state index contributed by atoms with van der Waals surface area (Å²) in [6.45, 7) is -0.558. The number of nitrogen functional groups attached to an aromatic ring is 1. The number of alkyl halides is 2. The minimum atomic E-state index is -3.00. The second kappa shape index (κ2) is 9.64. The molecule has 1 aromatic carbocycles. The summed E-state index contributed by atoms with van der Waals surface area (Å²) in [4.78, 5) is 26.3. The van der Waals surface area contributed by atoms with E-state index in [1.54, 1.807) is 6.07 Å². The molecule has 1 aliphatic rings. The van der Waals surface area contributed by atoms with Gasteiger partial charge >= 0.3 is 0 Å². The van der Waals surface area contributed by atoms with Crippen LogP contribution in [0.15, 0.2) is 47.4 Å². The fraction of sp³-hybridized carbons (Fsp3) is 0.300. The summed E-state index contributed by atoms with van der Waals surface area (Å²) in [5.41, 5.74) is 11.4. The molecule has 0 unspecified atom stereocenters. The van der Waals surface area contributed by atoms with Crippen molar-refractivity contribution in [2.45, 2.75) is 5.92 Å². The van der Waals surface area contributed by atoms with Gasteiger partial charge < -0.3 is 27.0 Å². The van der Waals surface area contributed by atoms with E-state index >= 15 is 0 Å². The number of nitrogens with zero attached hydrogens (tertiary/aromatic N) is 4. The number of nitrogens with one attached hydrogen (secondary N) is 2. The van der Waals surface area contributed by atoms with Crippen LogP contribution in [0.2, 0.25) is 0 Å². The molecule has 170 valence electrons. The summed E-state index contributed by atoms with van der Waals surface area (Å²) < 4.78 is 42.2. The van der Waals surface area contributed by atoms with E-state index in [1.807, 2.05) is 0 Å². The number of carbonyl (C=O) groups is 1. The molecule has 0 aliphatic carbocycles. The van der Waals surface area contributed by atoms with Crippen LogP contribution in [0.25, 0.3) is 11.3 Å². The van der Waals surface area contributed by atoms with Gasteiger partial charge in [0.15, 0.2) is 11.5 Å². The first-order valence-electron chi connectivity index (χ1n) is 9.67. The normalized spacial score (nSPS) is 17.1. The number of benzene rings is 1. The first-order chi connectivity index (χ1) is 15.3. The van der Waals surface area contributed by atoms with Gasteiger partial charge in [-0.3, -0.25) is 9.79 Å². The maximum atomic E-state index is 14.1. The molecule has 1 amide bonds. The summed E-state index contributed by atoms with van der Waals surface area (Å²) in [5, 5.41) is 5.15. The fourth-order valence-electron chi connectivity index (χ4n) is 3.23. The summed E-state index contributed by atoms with van der Waals surface area (Å²) in [6, 6.07) is 5.86. The molecule has 0 bridgehead atoms. The van der Waals surface area contributed by atoms with Gasteiger partial charge in [0.25, 0.3) is 11.8 Å². The molecule has 32 heavy (non-hydrogen) atoms. The van der Waals surface area contributed by atoms with Crippen molar-refractivity contribution < 1.29 is 18.0 Å². The second-order valence-electron chi connectivity index (χ2n) is 7.00. The van der Waals surface area contributed by atoms with Crippen molar-refractivity contribution >= 4 is 17.6 Å². The van der Waals surface area contributed by atoms with Crippen LogP contribution in [-0.2, 0) is 0 Å². The van der Waals surface area contributed by atoms with Crippen LogP contribution in [0.4, 0.5) is 19.0 Å². The van der Waals surface area contributed by atoms with Gasteiger partial charge in [0.2, 0.25) is 0 Å². The number of nitrogens with two attached hydrogens (primary N) is 2. The van der Waals surface area contributed by atoms with Crippen LogP contribution in [0.5, 0.6) is 0 Å². The number of aliphatic imine (C=N–C) groups is 1. The Bertz CT molecular complexity index is 1060. The zero-order valence-electron chi connectivity index (χ0n) is 17.3. The van der Waals surface area contributed by atoms with Crippen molar-refractivity contribution in [2.24, 2.45) is 10.7 Å². The highest BCUT2D eigenvalue weighted by Crippen LogP contribution is 2.22. The van der Waals surface area contributed by atoms with E-state index in [0.717, 1.165) is 6.20 Å². The number of hydrogen-bond acceptors (Lipinski definition) is 7. The highest BCUT2D eigenvalue weighted by Gasteiger charge is 2.35. The lowest BCUT2D eigenvalue weighted by Gasteiger charge is -2.28. The molecule has 9 nitrogen and oxygen atoms in total. The van der Waals surface area contributed by atoms with Crippen molar-refractivity contribution in [3.8, 4) is 11.3 Å². The Kier molecular flexibility index (Phi) is 6.93. The first-order valence-corrected chi connectivity index (χ1v) is 9.67. The molecule has 2 aromatic rings. The molecular formula is C20H23F3N8O. The number of amides is 1. The summed E-state index contributed by atoms with van der Waals surface area (Å²) in [7, 11) is 1.40. The van der Waals surface area contributed by atoms with E-state index in [2.05, 4.69) is 25.6 Å². The van der Waals surface area contributed by atoms with Crippen LogP contribution >= 0.6 is 0 Å². The minimum Gasteiger partial charge on any atom is -0.403 e. The molecule has 1 saturated heterocycles. The Labute approximate surface area is 182 Å². The third kappa shape index (κ3) is 5.14. The zero-order valence-corrected chi connectivity index (χ0v) is 17.3. The number of anilines is 1. The molecule has 1 aliphatic heterocycles. The van der Waals surface area contributed by atoms with Gasteiger partial charge in [0.1, 0.15) is 11.7 Å². The SMILES string of the molecule is CN=C(C(=CN)NC(=O)c1nc(-c2ccccc2F)cnc1N)N1CCNCC(F)(F)C1. The van der Waals surface area contributed by atoms with Crippen molar-refractivity contribution in [1.82, 2.24) is 25.5 Å². The molecule has 0 spiro atoms. The van der Waals surface area contributed by atoms with E-state index < -0.39 is 30.7 Å². The van der Waals surface area contributed by atoms with Gasteiger partial charge in [0.05, 0.1) is 30.7 Å². The fourth-order valence-corrected chi connectivity index (χ4v) is 3.23. The third-order valence-electron chi connectivity index (χ3n) is 4.70. The topological polar surface area (TPSA) is 135 Å². The lowest BCUT2D eigenvalue weighted by Crippen LogP contribution is -2.45. The predicted molar refractivity (Wildman–Crippen MR) is 114 cm³/mol. The van der Waals surface area contributed by atoms with Crippen LogP contribution in [0.3, 0.4) is 0 Å². The Morgan fingerprint density at radius 1 is 1.38 bits per heavy atom. The van der Waals surface area contributed by atoms with Gasteiger partial charge in [-0.15, -0.1) is 0 Å². The molecule has 1 fully saturated rings. The average Bonchev–Trinajstić information content (AvgIpc) is 2.94. The monoisotopic (exact) mass is 448 g/mol. The number of carbonyl (C=O) groups excluding carboxylic acids is 1. The molecule has 0 atom stereocenters. The summed E-state index contributed by atoms with van der Waals surface area (Å²) in [5.74, 6) is -4.47. The smallest absolute Gasteiger partial charge is 0.278 e. The molecule has 12 heteroatoms. The molecular weight excluding hydrogens is 425 g/mol. The van der Waals surface area contributed by atoms with Crippen LogP contribution in [-0.4, -0.2) is 65.8 Å². The lowest BCUT2D eigenvalue weighted by molar-refractivity contribution is -0.00581. The molecule has 3 rings (SSSR count). The van der Waals surface area contributed by atoms with Crippen LogP contribution in [0, 0.1) is 5.82 Å². The quantitative estimate of drug-likeness (QED) is 0.404. The molecule has 6 N–H and O–H groups in total. The van der Waals surface area contributed by atoms with Crippen LogP contribution in [0.1, 0.15) is 10.5 Å². The van der Waals surface area contributed by atoms with E-state index in [9.17, 15) is 18.0 Å². The number of hydrogen-bond donors (Lipinski definition) is 4. The van der Waals surface area contributed by atoms with E-state index in [1.165, 1.54) is 36.3 Å². The maximum Gasteiger partial charge on any atom is 0.278 e. The molecule has 0 saturated carbocycles. The lowest BCUT2D eigenvalue weighted by atomic mass is 10.1.